The molecule has 208 valence electrons. The Bertz CT molecular complexity index is 2000. The fourth-order valence-corrected chi connectivity index (χ4v) is 4.87. The van der Waals surface area contributed by atoms with E-state index in [0.29, 0.717) is 15.9 Å². The van der Waals surface area contributed by atoms with Crippen molar-refractivity contribution in [2.75, 3.05) is 6.54 Å². The van der Waals surface area contributed by atoms with Crippen molar-refractivity contribution < 1.29 is 21.6 Å². The molecule has 15 nitrogen and oxygen atoms in total. The molecule has 0 bridgehead atoms. The van der Waals surface area contributed by atoms with Crippen LogP contribution in [-0.4, -0.2) is 58.5 Å². The highest BCUT2D eigenvalue weighted by atomic mass is 32.2. The summed E-state index contributed by atoms with van der Waals surface area (Å²) in [6.45, 7) is -1.78. The van der Waals surface area contributed by atoms with Crippen molar-refractivity contribution in [3.8, 4) is 0 Å². The Morgan fingerprint density at radius 1 is 0.816 bits per heavy atom. The SMILES string of the molecule is Cn1c(=O)c2c([nH]c(=S)n2C)n(C)c1=O.Cn1c(=O)c2c(nc(S(=O)(=O)NCC(F)(F)F)n2C)n(C)c1=O. The van der Waals surface area contributed by atoms with Crippen molar-refractivity contribution in [1.29, 1.82) is 0 Å². The molecule has 0 saturated carbocycles. The van der Waals surface area contributed by atoms with E-state index < -0.39 is 39.1 Å². The predicted octanol–water partition coefficient (Wildman–Crippen LogP) is -1.56. The number of hydrogen-bond donors (Lipinski definition) is 2. The van der Waals surface area contributed by atoms with E-state index in [1.165, 1.54) is 30.4 Å². The molecule has 0 radical (unpaired) electrons. The van der Waals surface area contributed by atoms with E-state index in [9.17, 15) is 40.8 Å². The van der Waals surface area contributed by atoms with Crippen molar-refractivity contribution in [3.05, 3.63) is 46.4 Å². The first kappa shape index (κ1) is 28.8. The number of H-pyrrole nitrogens is 1. The summed E-state index contributed by atoms with van der Waals surface area (Å²) in [7, 11) is 3.70. The quantitative estimate of drug-likeness (QED) is 0.274. The smallest absolute Gasteiger partial charge is 0.316 e. The number of sulfonamides is 1. The molecule has 4 aromatic heterocycles. The fraction of sp³-hybridized carbons (Fsp3) is 0.444. The van der Waals surface area contributed by atoms with Crippen LogP contribution in [0.1, 0.15) is 0 Å². The molecule has 2 N–H and O–H groups in total. The summed E-state index contributed by atoms with van der Waals surface area (Å²) in [5, 5.41) is -0.796. The summed E-state index contributed by atoms with van der Waals surface area (Å²) >= 11 is 5.00. The Balaban J connectivity index is 0.000000230. The van der Waals surface area contributed by atoms with Gasteiger partial charge in [0.05, 0.1) is 0 Å². The summed E-state index contributed by atoms with van der Waals surface area (Å²) in [5.41, 5.74) is -1.87. The zero-order valence-electron chi connectivity index (χ0n) is 20.7. The molecule has 0 aliphatic rings. The highest BCUT2D eigenvalue weighted by Crippen LogP contribution is 2.17. The molecule has 4 aromatic rings. The standard InChI is InChI=1S/C10H12F3N5O4S.C8H10N4O2S/c1-16-5-6(17(2)9(20)18(3)7(5)19)15-8(16)23(21,22)14-4-10(11,12)13;1-10-4-5(9-7(10)15)11(2)8(14)12(3)6(4)13/h14H,4H2,1-3H3;1-3H3,(H,9,15). The number of hydrogen-bond acceptors (Lipinski definition) is 8. The number of aromatic amines is 1. The molecule has 0 saturated heterocycles. The summed E-state index contributed by atoms with van der Waals surface area (Å²) in [5.74, 6) is 0. The number of imidazole rings is 2. The van der Waals surface area contributed by atoms with Crippen molar-refractivity contribution in [3.63, 3.8) is 0 Å². The molecule has 0 atom stereocenters. The Morgan fingerprint density at radius 3 is 1.84 bits per heavy atom. The lowest BCUT2D eigenvalue weighted by Crippen LogP contribution is -2.37. The van der Waals surface area contributed by atoms with Gasteiger partial charge >= 0.3 is 17.6 Å². The van der Waals surface area contributed by atoms with E-state index in [-0.39, 0.29) is 22.4 Å². The Labute approximate surface area is 215 Å². The number of alkyl halides is 3. The maximum atomic E-state index is 12.2. The Kier molecular flexibility index (Phi) is 7.20. The maximum Gasteiger partial charge on any atom is 0.402 e. The molecule has 0 aliphatic heterocycles. The van der Waals surface area contributed by atoms with Crippen LogP contribution in [0.15, 0.2) is 24.3 Å². The van der Waals surface area contributed by atoms with Gasteiger partial charge in [0, 0.05) is 42.3 Å². The van der Waals surface area contributed by atoms with E-state index in [0.717, 1.165) is 25.3 Å². The molecule has 4 rings (SSSR count). The number of rotatable bonds is 3. The number of nitrogens with zero attached hydrogens (tertiary/aromatic N) is 7. The molecule has 0 spiro atoms. The van der Waals surface area contributed by atoms with Crippen molar-refractivity contribution >= 4 is 44.6 Å². The third-order valence-corrected chi connectivity index (χ3v) is 7.39. The van der Waals surface area contributed by atoms with Gasteiger partial charge < -0.3 is 14.1 Å². The monoisotopic (exact) mass is 581 g/mol. The van der Waals surface area contributed by atoms with E-state index in [2.05, 4.69) is 9.97 Å². The van der Waals surface area contributed by atoms with Crippen LogP contribution in [0, 0.1) is 4.77 Å². The number of fused-ring (bicyclic) bond motifs is 2. The molecule has 0 aromatic carbocycles. The molecule has 0 fully saturated rings. The second kappa shape index (κ2) is 9.51. The number of halogens is 3. The van der Waals surface area contributed by atoms with Crippen molar-refractivity contribution in [1.82, 2.24) is 42.1 Å². The molecule has 38 heavy (non-hydrogen) atoms. The zero-order chi connectivity index (χ0) is 29.1. The Hall–Kier alpha value is -3.78. The summed E-state index contributed by atoms with van der Waals surface area (Å²) in [6.07, 6.45) is -4.75. The van der Waals surface area contributed by atoms with Crippen molar-refractivity contribution in [2.45, 2.75) is 11.3 Å². The Morgan fingerprint density at radius 2 is 1.32 bits per heavy atom. The van der Waals surface area contributed by atoms with Gasteiger partial charge in [-0.25, -0.2) is 18.0 Å². The lowest BCUT2D eigenvalue weighted by Gasteiger charge is -2.08. The van der Waals surface area contributed by atoms with Gasteiger partial charge in [-0.15, -0.1) is 0 Å². The lowest BCUT2D eigenvalue weighted by atomic mass is 10.5. The van der Waals surface area contributed by atoms with Gasteiger partial charge in [0.1, 0.15) is 12.2 Å². The molecule has 4 heterocycles. The van der Waals surface area contributed by atoms with E-state index >= 15 is 0 Å². The predicted molar refractivity (Wildman–Crippen MR) is 131 cm³/mol. The summed E-state index contributed by atoms with van der Waals surface area (Å²) in [4.78, 5) is 53.7. The lowest BCUT2D eigenvalue weighted by molar-refractivity contribution is -0.121. The van der Waals surface area contributed by atoms with E-state index in [1.54, 1.807) is 18.7 Å². The molecule has 0 amide bonds. The average Bonchev–Trinajstić information content (AvgIpc) is 3.34. The number of aromatic nitrogens is 8. The van der Waals surface area contributed by atoms with Crippen LogP contribution < -0.4 is 27.2 Å². The zero-order valence-corrected chi connectivity index (χ0v) is 22.4. The third kappa shape index (κ3) is 4.76. The van der Waals surface area contributed by atoms with Gasteiger partial charge in [0.2, 0.25) is 5.16 Å². The highest BCUT2D eigenvalue weighted by molar-refractivity contribution is 7.89. The first-order valence-electron chi connectivity index (χ1n) is 10.4. The fourth-order valence-electron chi connectivity index (χ4n) is 3.54. The minimum Gasteiger partial charge on any atom is -0.316 e. The van der Waals surface area contributed by atoms with E-state index in [4.69, 9.17) is 12.2 Å². The second-order valence-corrected chi connectivity index (χ2v) is 10.2. The summed E-state index contributed by atoms with van der Waals surface area (Å²) in [6, 6.07) is 0. The normalized spacial score (nSPS) is 12.2. The van der Waals surface area contributed by atoms with Gasteiger partial charge in [-0.1, -0.05) is 0 Å². The van der Waals surface area contributed by atoms with Gasteiger partial charge in [0.15, 0.2) is 21.5 Å². The largest absolute Gasteiger partial charge is 0.402 e. The van der Waals surface area contributed by atoms with Crippen LogP contribution in [0.5, 0.6) is 0 Å². The van der Waals surface area contributed by atoms with Crippen LogP contribution in [0.25, 0.3) is 22.3 Å². The molecule has 20 heteroatoms. The second-order valence-electron chi connectivity index (χ2n) is 8.16. The van der Waals surface area contributed by atoms with Crippen LogP contribution >= 0.6 is 12.2 Å². The van der Waals surface area contributed by atoms with Crippen LogP contribution in [0.3, 0.4) is 0 Å². The topological polar surface area (TPSA) is 173 Å². The first-order chi connectivity index (χ1) is 17.3. The molecule has 0 unspecified atom stereocenters. The first-order valence-corrected chi connectivity index (χ1v) is 12.2. The molecule has 0 aliphatic carbocycles. The van der Waals surface area contributed by atoms with Crippen LogP contribution in [0.4, 0.5) is 13.2 Å². The maximum absolute atomic E-state index is 12.2. The number of aryl methyl sites for hydroxylation is 4. The van der Waals surface area contributed by atoms with Crippen molar-refractivity contribution in [2.24, 2.45) is 42.3 Å². The minimum absolute atomic E-state index is 0.220. The van der Waals surface area contributed by atoms with Gasteiger partial charge in [-0.2, -0.15) is 22.9 Å². The van der Waals surface area contributed by atoms with Gasteiger partial charge in [-0.05, 0) is 12.2 Å². The average molecular weight is 582 g/mol. The molecular formula is C18H22F3N9O6S2. The van der Waals surface area contributed by atoms with Gasteiger partial charge in [0.25, 0.3) is 21.1 Å². The van der Waals surface area contributed by atoms with E-state index in [1.807, 2.05) is 0 Å². The summed E-state index contributed by atoms with van der Waals surface area (Å²) < 4.78 is 68.8. The van der Waals surface area contributed by atoms with Crippen LogP contribution in [-0.2, 0) is 52.3 Å². The third-order valence-electron chi connectivity index (χ3n) is 5.64. The van der Waals surface area contributed by atoms with Gasteiger partial charge in [-0.3, -0.25) is 27.9 Å². The highest BCUT2D eigenvalue weighted by Gasteiger charge is 2.32. The minimum atomic E-state index is -4.75. The number of nitrogens with one attached hydrogen (secondary N) is 2. The molecular weight excluding hydrogens is 559 g/mol. The van der Waals surface area contributed by atoms with Crippen LogP contribution in [0.2, 0.25) is 0 Å².